The van der Waals surface area contributed by atoms with E-state index in [0.29, 0.717) is 30.9 Å². The second kappa shape index (κ2) is 5.27. The maximum absolute atomic E-state index is 10.8. The molecule has 102 valence electrons. The molecule has 1 aromatic heterocycles. The largest absolute Gasteiger partial charge is 0.399 e. The van der Waals surface area contributed by atoms with E-state index < -0.39 is 6.10 Å². The van der Waals surface area contributed by atoms with E-state index in [1.165, 1.54) is 0 Å². The number of hydrogen-bond donors (Lipinski definition) is 3. The molecular weight excluding hydrogens is 244 g/mol. The van der Waals surface area contributed by atoms with Crippen LogP contribution in [0.15, 0.2) is 18.2 Å². The second-order valence-electron chi connectivity index (χ2n) is 4.62. The molecule has 1 atom stereocenters. The Kier molecular flexibility index (Phi) is 3.71. The van der Waals surface area contributed by atoms with E-state index in [-0.39, 0.29) is 5.91 Å². The summed E-state index contributed by atoms with van der Waals surface area (Å²) in [6, 6.07) is 5.43. The van der Waals surface area contributed by atoms with Gasteiger partial charge in [-0.1, -0.05) is 0 Å². The quantitative estimate of drug-likeness (QED) is 0.697. The van der Waals surface area contributed by atoms with E-state index in [1.807, 2.05) is 10.6 Å². The molecular formula is C13H18N4O2. The van der Waals surface area contributed by atoms with Gasteiger partial charge in [-0.3, -0.25) is 4.79 Å². The van der Waals surface area contributed by atoms with Crippen molar-refractivity contribution in [1.82, 2.24) is 9.55 Å². The number of fused-ring (bicyclic) bond motifs is 1. The number of hydrogen-bond acceptors (Lipinski definition) is 4. The normalized spacial score (nSPS) is 12.7. The van der Waals surface area contributed by atoms with Gasteiger partial charge in [0.15, 0.2) is 0 Å². The number of aliphatic hydroxyl groups is 1. The molecule has 0 fully saturated rings. The highest BCUT2D eigenvalue weighted by molar-refractivity contribution is 5.79. The molecule has 2 aromatic rings. The van der Waals surface area contributed by atoms with Crippen LogP contribution in [0.5, 0.6) is 0 Å². The monoisotopic (exact) mass is 262 g/mol. The number of primary amides is 1. The van der Waals surface area contributed by atoms with Crippen LogP contribution in [0, 0.1) is 0 Å². The van der Waals surface area contributed by atoms with Crippen LogP contribution in [0.4, 0.5) is 5.69 Å². The maximum Gasteiger partial charge on any atom is 0.217 e. The molecule has 1 aromatic carbocycles. The predicted molar refractivity (Wildman–Crippen MR) is 73.2 cm³/mol. The van der Waals surface area contributed by atoms with Gasteiger partial charge in [-0.05, 0) is 31.5 Å². The fourth-order valence-corrected chi connectivity index (χ4v) is 2.13. The molecule has 0 aliphatic rings. The van der Waals surface area contributed by atoms with E-state index in [1.54, 1.807) is 19.1 Å². The lowest BCUT2D eigenvalue weighted by Crippen LogP contribution is -2.13. The Morgan fingerprint density at radius 1 is 1.53 bits per heavy atom. The SMILES string of the molecule is CC(O)c1nc2cc(N)ccc2n1CCCC(N)=O. The first-order valence-electron chi connectivity index (χ1n) is 6.21. The molecule has 6 nitrogen and oxygen atoms in total. The van der Waals surface area contributed by atoms with Crippen LogP contribution in [0.2, 0.25) is 0 Å². The molecule has 0 aliphatic heterocycles. The van der Waals surface area contributed by atoms with Crippen molar-refractivity contribution in [3.8, 4) is 0 Å². The van der Waals surface area contributed by atoms with Crippen molar-refractivity contribution in [2.24, 2.45) is 5.73 Å². The summed E-state index contributed by atoms with van der Waals surface area (Å²) in [5.41, 5.74) is 13.1. The summed E-state index contributed by atoms with van der Waals surface area (Å²) < 4.78 is 1.91. The van der Waals surface area contributed by atoms with E-state index in [9.17, 15) is 9.90 Å². The first-order chi connectivity index (χ1) is 8.99. The minimum Gasteiger partial charge on any atom is -0.399 e. The Morgan fingerprint density at radius 3 is 2.89 bits per heavy atom. The number of imidazole rings is 1. The van der Waals surface area contributed by atoms with Crippen LogP contribution < -0.4 is 11.5 Å². The minimum absolute atomic E-state index is 0.313. The fraction of sp³-hybridized carbons (Fsp3) is 0.385. The average Bonchev–Trinajstić information content (AvgIpc) is 2.67. The predicted octanol–water partition coefficient (Wildman–Crippen LogP) is 0.937. The van der Waals surface area contributed by atoms with Gasteiger partial charge in [-0.2, -0.15) is 0 Å². The van der Waals surface area contributed by atoms with Crippen molar-refractivity contribution >= 4 is 22.6 Å². The Balaban J connectivity index is 2.37. The summed E-state index contributed by atoms with van der Waals surface area (Å²) in [6.45, 7) is 2.25. The van der Waals surface area contributed by atoms with Crippen LogP contribution in [0.3, 0.4) is 0 Å². The topological polar surface area (TPSA) is 107 Å². The lowest BCUT2D eigenvalue weighted by Gasteiger charge is -2.10. The number of benzene rings is 1. The molecule has 0 aliphatic carbocycles. The number of nitrogens with zero attached hydrogens (tertiary/aromatic N) is 2. The summed E-state index contributed by atoms with van der Waals surface area (Å²) in [5.74, 6) is 0.248. The zero-order valence-corrected chi connectivity index (χ0v) is 10.8. The summed E-state index contributed by atoms with van der Waals surface area (Å²) in [5, 5.41) is 9.78. The fourth-order valence-electron chi connectivity index (χ4n) is 2.13. The zero-order chi connectivity index (χ0) is 14.0. The van der Waals surface area contributed by atoms with Gasteiger partial charge in [0.1, 0.15) is 11.9 Å². The van der Waals surface area contributed by atoms with Crippen molar-refractivity contribution in [2.45, 2.75) is 32.4 Å². The molecule has 0 spiro atoms. The number of aromatic nitrogens is 2. The molecule has 0 saturated heterocycles. The summed E-state index contributed by atoms with van der Waals surface area (Å²) >= 11 is 0. The Hall–Kier alpha value is -2.08. The van der Waals surface area contributed by atoms with Crippen LogP contribution in [0.25, 0.3) is 11.0 Å². The lowest BCUT2D eigenvalue weighted by molar-refractivity contribution is -0.118. The van der Waals surface area contributed by atoms with Crippen molar-refractivity contribution in [3.05, 3.63) is 24.0 Å². The van der Waals surface area contributed by atoms with E-state index in [2.05, 4.69) is 4.98 Å². The third-order valence-corrected chi connectivity index (χ3v) is 2.98. The number of carbonyl (C=O) groups excluding carboxylic acids is 1. The number of aliphatic hydroxyl groups excluding tert-OH is 1. The smallest absolute Gasteiger partial charge is 0.217 e. The molecule has 0 saturated carbocycles. The number of rotatable bonds is 5. The molecule has 1 unspecified atom stereocenters. The average molecular weight is 262 g/mol. The highest BCUT2D eigenvalue weighted by atomic mass is 16.3. The van der Waals surface area contributed by atoms with Crippen molar-refractivity contribution in [2.75, 3.05) is 5.73 Å². The van der Waals surface area contributed by atoms with Gasteiger partial charge >= 0.3 is 0 Å². The van der Waals surface area contributed by atoms with Crippen molar-refractivity contribution in [3.63, 3.8) is 0 Å². The molecule has 0 radical (unpaired) electrons. The van der Waals surface area contributed by atoms with Crippen molar-refractivity contribution in [1.29, 1.82) is 0 Å². The first kappa shape index (κ1) is 13.4. The summed E-state index contributed by atoms with van der Waals surface area (Å²) in [4.78, 5) is 15.2. The van der Waals surface area contributed by atoms with Gasteiger partial charge < -0.3 is 21.1 Å². The molecule has 0 bridgehead atoms. The molecule has 1 amide bonds. The highest BCUT2D eigenvalue weighted by Gasteiger charge is 2.14. The molecule has 2 rings (SSSR count). The van der Waals surface area contributed by atoms with E-state index in [4.69, 9.17) is 11.5 Å². The van der Waals surface area contributed by atoms with Gasteiger partial charge in [0.2, 0.25) is 5.91 Å². The Bertz CT molecular complexity index is 604. The number of nitrogens with two attached hydrogens (primary N) is 2. The van der Waals surface area contributed by atoms with Gasteiger partial charge in [0, 0.05) is 18.7 Å². The van der Waals surface area contributed by atoms with Gasteiger partial charge in [-0.25, -0.2) is 4.98 Å². The summed E-state index contributed by atoms with van der Waals surface area (Å²) in [6.07, 6.45) is 0.251. The standard InChI is InChI=1S/C13H18N4O2/c1-8(18)13-16-10-7-9(14)4-5-11(10)17(13)6-2-3-12(15)19/h4-5,7-8,18H,2-3,6,14H2,1H3,(H2,15,19). The molecule has 19 heavy (non-hydrogen) atoms. The molecule has 6 heteroatoms. The number of amides is 1. The second-order valence-corrected chi connectivity index (χ2v) is 4.62. The number of anilines is 1. The first-order valence-corrected chi connectivity index (χ1v) is 6.21. The third-order valence-electron chi connectivity index (χ3n) is 2.98. The van der Waals surface area contributed by atoms with Crippen LogP contribution in [-0.2, 0) is 11.3 Å². The van der Waals surface area contributed by atoms with Gasteiger partial charge in [0.05, 0.1) is 11.0 Å². The minimum atomic E-state index is -0.679. The lowest BCUT2D eigenvalue weighted by atomic mass is 10.2. The highest BCUT2D eigenvalue weighted by Crippen LogP contribution is 2.23. The molecule has 5 N–H and O–H groups in total. The Labute approximate surface area is 111 Å². The van der Waals surface area contributed by atoms with Gasteiger partial charge in [-0.15, -0.1) is 0 Å². The maximum atomic E-state index is 10.8. The van der Waals surface area contributed by atoms with Crippen LogP contribution in [0.1, 0.15) is 31.7 Å². The molecule has 1 heterocycles. The van der Waals surface area contributed by atoms with E-state index >= 15 is 0 Å². The zero-order valence-electron chi connectivity index (χ0n) is 10.8. The Morgan fingerprint density at radius 2 is 2.26 bits per heavy atom. The number of carbonyl (C=O) groups is 1. The summed E-state index contributed by atoms with van der Waals surface area (Å²) in [7, 11) is 0. The van der Waals surface area contributed by atoms with E-state index in [0.717, 1.165) is 11.0 Å². The van der Waals surface area contributed by atoms with Crippen LogP contribution in [-0.4, -0.2) is 20.6 Å². The number of aryl methyl sites for hydroxylation is 1. The third kappa shape index (κ3) is 2.85. The van der Waals surface area contributed by atoms with Crippen LogP contribution >= 0.6 is 0 Å². The number of nitrogen functional groups attached to an aromatic ring is 1. The van der Waals surface area contributed by atoms with Gasteiger partial charge in [0.25, 0.3) is 0 Å². The van der Waals surface area contributed by atoms with Crippen molar-refractivity contribution < 1.29 is 9.90 Å².